The van der Waals surface area contributed by atoms with Crippen LogP contribution >= 0.6 is 35.1 Å². The van der Waals surface area contributed by atoms with Gasteiger partial charge in [-0.2, -0.15) is 5.10 Å². The number of hydrogen-bond acceptors (Lipinski definition) is 5. The van der Waals surface area contributed by atoms with Gasteiger partial charge < -0.3 is 0 Å². The first-order valence-electron chi connectivity index (χ1n) is 11.9. The Morgan fingerprint density at radius 3 is 2.26 bits per heavy atom. The molecule has 1 aliphatic rings. The molecule has 11 heteroatoms. The number of guanidine groups is 1. The van der Waals surface area contributed by atoms with Gasteiger partial charge in [-0.1, -0.05) is 79.5 Å². The van der Waals surface area contributed by atoms with Crippen molar-refractivity contribution >= 4 is 56.8 Å². The molecule has 3 N–H and O–H groups in total. The maximum Gasteiger partial charge on any atom is 0.225 e. The molecule has 0 amide bonds. The molecule has 0 saturated heterocycles. The number of sulfonamides is 1. The summed E-state index contributed by atoms with van der Waals surface area (Å²) in [7, 11) is -3.66. The smallest absolute Gasteiger partial charge is 0.225 e. The summed E-state index contributed by atoms with van der Waals surface area (Å²) in [5.74, 6) is 0.312. The second-order valence-corrected chi connectivity index (χ2v) is 13.2. The SMILES string of the molecule is CC(C)(CN=C(NSc1ccc(Cl)cc1)N1CC(c2ccccc2)C(c2ccc(Cl)cc2)=N1)CS(N)(=O)=O. The lowest BCUT2D eigenvalue weighted by atomic mass is 9.91. The minimum Gasteiger partial charge on any atom is -0.295 e. The quantitative estimate of drug-likeness (QED) is 0.197. The molecule has 0 radical (unpaired) electrons. The van der Waals surface area contributed by atoms with E-state index >= 15 is 0 Å². The van der Waals surface area contributed by atoms with Crippen molar-refractivity contribution in [3.05, 3.63) is 100 Å². The van der Waals surface area contributed by atoms with Gasteiger partial charge in [0.1, 0.15) is 0 Å². The van der Waals surface area contributed by atoms with Crippen molar-refractivity contribution in [2.75, 3.05) is 18.8 Å². The van der Waals surface area contributed by atoms with Gasteiger partial charge in [0.15, 0.2) is 0 Å². The van der Waals surface area contributed by atoms with Crippen molar-refractivity contribution in [3.63, 3.8) is 0 Å². The summed E-state index contributed by atoms with van der Waals surface area (Å²) in [6.45, 7) is 4.42. The summed E-state index contributed by atoms with van der Waals surface area (Å²) in [6.07, 6.45) is 0. The normalized spacial score (nSPS) is 16.4. The van der Waals surface area contributed by atoms with E-state index in [-0.39, 0.29) is 18.2 Å². The molecule has 7 nitrogen and oxygen atoms in total. The Hall–Kier alpha value is -2.56. The number of nitrogens with two attached hydrogens (primary N) is 1. The van der Waals surface area contributed by atoms with Crippen LogP contribution < -0.4 is 9.86 Å². The zero-order chi connectivity index (χ0) is 27.3. The second kappa shape index (κ2) is 12.1. The van der Waals surface area contributed by atoms with E-state index in [0.717, 1.165) is 21.7 Å². The molecule has 0 aromatic heterocycles. The molecule has 0 spiro atoms. The summed E-state index contributed by atoms with van der Waals surface area (Å²) in [6, 6.07) is 25.2. The van der Waals surface area contributed by atoms with Crippen LogP contribution in [-0.2, 0) is 10.0 Å². The van der Waals surface area contributed by atoms with Crippen LogP contribution in [-0.4, -0.2) is 43.9 Å². The highest BCUT2D eigenvalue weighted by Crippen LogP contribution is 2.30. The third kappa shape index (κ3) is 7.97. The van der Waals surface area contributed by atoms with Crippen molar-refractivity contribution in [2.45, 2.75) is 24.7 Å². The second-order valence-electron chi connectivity index (χ2n) is 9.81. The van der Waals surface area contributed by atoms with Gasteiger partial charge in [-0.3, -0.25) is 9.71 Å². The van der Waals surface area contributed by atoms with E-state index in [1.807, 2.05) is 85.6 Å². The summed E-state index contributed by atoms with van der Waals surface area (Å²) in [5.41, 5.74) is 2.31. The Kier molecular flexibility index (Phi) is 9.05. The van der Waals surface area contributed by atoms with Crippen molar-refractivity contribution in [1.82, 2.24) is 9.73 Å². The first kappa shape index (κ1) is 28.4. The fourth-order valence-electron chi connectivity index (χ4n) is 4.11. The Balaban J connectivity index is 1.68. The molecule has 1 unspecified atom stereocenters. The lowest BCUT2D eigenvalue weighted by Gasteiger charge is -2.24. The molecular weight excluding hydrogens is 561 g/mol. The van der Waals surface area contributed by atoms with Gasteiger partial charge in [-0.15, -0.1) is 0 Å². The first-order valence-corrected chi connectivity index (χ1v) is 15.2. The number of nitrogens with one attached hydrogen (secondary N) is 1. The van der Waals surface area contributed by atoms with Gasteiger partial charge in [0, 0.05) is 27.4 Å². The largest absolute Gasteiger partial charge is 0.295 e. The molecule has 0 fully saturated rings. The third-order valence-corrected chi connectivity index (χ3v) is 8.30. The predicted molar refractivity (Wildman–Crippen MR) is 158 cm³/mol. The van der Waals surface area contributed by atoms with Crippen LogP contribution in [0.25, 0.3) is 0 Å². The molecule has 1 heterocycles. The fraction of sp³-hybridized carbons (Fsp3) is 0.259. The monoisotopic (exact) mass is 589 g/mol. The van der Waals surface area contributed by atoms with E-state index < -0.39 is 15.4 Å². The van der Waals surface area contributed by atoms with Crippen LogP contribution in [0.1, 0.15) is 30.9 Å². The third-order valence-electron chi connectivity index (χ3n) is 5.82. The Morgan fingerprint density at radius 1 is 1.05 bits per heavy atom. The number of rotatable bonds is 8. The van der Waals surface area contributed by atoms with Crippen molar-refractivity contribution in [1.29, 1.82) is 0 Å². The zero-order valence-electron chi connectivity index (χ0n) is 21.0. The summed E-state index contributed by atoms with van der Waals surface area (Å²) >= 11 is 13.6. The summed E-state index contributed by atoms with van der Waals surface area (Å²) < 4.78 is 26.9. The summed E-state index contributed by atoms with van der Waals surface area (Å²) in [4.78, 5) is 5.74. The highest BCUT2D eigenvalue weighted by Gasteiger charge is 2.32. The summed E-state index contributed by atoms with van der Waals surface area (Å²) in [5, 5.41) is 13.4. The van der Waals surface area contributed by atoms with E-state index in [9.17, 15) is 8.42 Å². The van der Waals surface area contributed by atoms with Crippen LogP contribution in [0.4, 0.5) is 0 Å². The van der Waals surface area contributed by atoms with Crippen LogP contribution in [0.15, 0.2) is 93.9 Å². The van der Waals surface area contributed by atoms with Crippen LogP contribution in [0, 0.1) is 5.41 Å². The number of hydrogen-bond donors (Lipinski definition) is 2. The fourth-order valence-corrected chi connectivity index (χ4v) is 6.20. The highest BCUT2D eigenvalue weighted by molar-refractivity contribution is 7.98. The van der Waals surface area contributed by atoms with E-state index in [1.165, 1.54) is 11.9 Å². The molecule has 1 atom stereocenters. The minimum absolute atomic E-state index is 0.0117. The van der Waals surface area contributed by atoms with Crippen LogP contribution in [0.2, 0.25) is 10.0 Å². The topological polar surface area (TPSA) is 100 Å². The van der Waals surface area contributed by atoms with Gasteiger partial charge in [0.05, 0.1) is 18.0 Å². The molecule has 0 bridgehead atoms. The maximum absolute atomic E-state index is 11.8. The average Bonchev–Trinajstić information content (AvgIpc) is 3.30. The minimum atomic E-state index is -3.66. The van der Waals surface area contributed by atoms with E-state index in [4.69, 9.17) is 38.4 Å². The van der Waals surface area contributed by atoms with Gasteiger partial charge in [0.2, 0.25) is 16.0 Å². The molecular formula is C27H29Cl2N5O2S2. The Morgan fingerprint density at radius 2 is 1.66 bits per heavy atom. The Bertz CT molecular complexity index is 1410. The van der Waals surface area contributed by atoms with Crippen molar-refractivity contribution in [2.24, 2.45) is 20.6 Å². The first-order chi connectivity index (χ1) is 18.0. The van der Waals surface area contributed by atoms with Crippen molar-refractivity contribution < 1.29 is 8.42 Å². The molecule has 3 aromatic carbocycles. The maximum atomic E-state index is 11.8. The number of primary sulfonamides is 1. The highest BCUT2D eigenvalue weighted by atomic mass is 35.5. The standard InChI is InChI=1S/C27H29Cl2N5O2S2/c1-27(2,18-38(30,35)36)17-31-26(33-37-23-14-12-22(29)13-15-23)34-16-24(19-6-4-3-5-7-19)25(32-34)20-8-10-21(28)11-9-20/h3-15,24H,16-18H2,1-2H3,(H,31,33)(H2,30,35,36). The zero-order valence-corrected chi connectivity index (χ0v) is 24.2. The Labute approximate surface area is 238 Å². The number of aliphatic imine (C=N–C) groups is 1. The number of nitrogens with zero attached hydrogens (tertiary/aromatic N) is 3. The van der Waals surface area contributed by atoms with E-state index in [2.05, 4.69) is 16.9 Å². The predicted octanol–water partition coefficient (Wildman–Crippen LogP) is 5.76. The van der Waals surface area contributed by atoms with Crippen LogP contribution in [0.3, 0.4) is 0 Å². The van der Waals surface area contributed by atoms with E-state index in [1.54, 1.807) is 0 Å². The molecule has 1 aliphatic heterocycles. The number of halogens is 2. The van der Waals surface area contributed by atoms with Crippen molar-refractivity contribution in [3.8, 4) is 0 Å². The van der Waals surface area contributed by atoms with E-state index in [0.29, 0.717) is 22.5 Å². The molecule has 0 aliphatic carbocycles. The number of benzene rings is 3. The van der Waals surface area contributed by atoms with Gasteiger partial charge in [-0.05, 0) is 64.9 Å². The van der Waals surface area contributed by atoms with Crippen LogP contribution in [0.5, 0.6) is 0 Å². The van der Waals surface area contributed by atoms with Gasteiger partial charge >= 0.3 is 0 Å². The average molecular weight is 591 g/mol. The van der Waals surface area contributed by atoms with Gasteiger partial charge in [0.25, 0.3) is 0 Å². The lowest BCUT2D eigenvalue weighted by Crippen LogP contribution is -2.37. The molecule has 0 saturated carbocycles. The lowest BCUT2D eigenvalue weighted by molar-refractivity contribution is 0.414. The molecule has 200 valence electrons. The molecule has 38 heavy (non-hydrogen) atoms. The molecule has 4 rings (SSSR count). The molecule has 3 aromatic rings. The van der Waals surface area contributed by atoms with Gasteiger partial charge in [-0.25, -0.2) is 18.6 Å². The number of hydrazone groups is 1.